The molecule has 0 spiro atoms. The van der Waals surface area contributed by atoms with Crippen LogP contribution in [0.25, 0.3) is 0 Å². The summed E-state index contributed by atoms with van der Waals surface area (Å²) in [6.07, 6.45) is 1.71. The first kappa shape index (κ1) is 16.6. The third-order valence-electron chi connectivity index (χ3n) is 4.31. The van der Waals surface area contributed by atoms with Crippen molar-refractivity contribution in [2.24, 2.45) is 0 Å². The first-order valence-electron chi connectivity index (χ1n) is 8.55. The van der Waals surface area contributed by atoms with E-state index in [2.05, 4.69) is 15.1 Å². The highest BCUT2D eigenvalue weighted by Gasteiger charge is 2.21. The Morgan fingerprint density at radius 2 is 2.00 bits per heavy atom. The van der Waals surface area contributed by atoms with Gasteiger partial charge in [-0.2, -0.15) is 0 Å². The number of hydrogen-bond donors (Lipinski definition) is 0. The lowest BCUT2D eigenvalue weighted by Gasteiger charge is -2.21. The van der Waals surface area contributed by atoms with Crippen molar-refractivity contribution in [3.8, 4) is 0 Å². The molecule has 1 amide bonds. The number of carbonyl (C=O) groups is 1. The zero-order valence-corrected chi connectivity index (χ0v) is 14.4. The van der Waals surface area contributed by atoms with Gasteiger partial charge in [0, 0.05) is 38.2 Å². The second-order valence-electron chi connectivity index (χ2n) is 6.23. The highest BCUT2D eigenvalue weighted by Crippen LogP contribution is 2.13. The van der Waals surface area contributed by atoms with Crippen molar-refractivity contribution < 1.29 is 9.21 Å². The molecule has 1 aliphatic heterocycles. The van der Waals surface area contributed by atoms with Crippen molar-refractivity contribution in [1.82, 2.24) is 20.0 Å². The third-order valence-corrected chi connectivity index (χ3v) is 4.31. The van der Waals surface area contributed by atoms with E-state index in [9.17, 15) is 4.79 Å². The minimum atomic E-state index is 0.117. The Hall–Kier alpha value is -2.21. The Balaban J connectivity index is 1.59. The van der Waals surface area contributed by atoms with Gasteiger partial charge < -0.3 is 9.32 Å². The molecule has 6 heteroatoms. The number of nitrogens with zero attached hydrogens (tertiary/aromatic N) is 4. The first-order valence-corrected chi connectivity index (χ1v) is 8.55. The molecule has 0 atom stereocenters. The summed E-state index contributed by atoms with van der Waals surface area (Å²) in [5.74, 6) is 1.45. The molecule has 0 unspecified atom stereocenters. The third kappa shape index (κ3) is 4.00. The van der Waals surface area contributed by atoms with Crippen LogP contribution in [0.1, 0.15) is 41.0 Å². The number of benzene rings is 1. The average Bonchev–Trinajstić information content (AvgIpc) is 2.91. The minimum Gasteiger partial charge on any atom is -0.424 e. The fourth-order valence-corrected chi connectivity index (χ4v) is 2.98. The van der Waals surface area contributed by atoms with Crippen LogP contribution < -0.4 is 0 Å². The van der Waals surface area contributed by atoms with E-state index in [4.69, 9.17) is 4.42 Å². The van der Waals surface area contributed by atoms with Gasteiger partial charge in [-0.15, -0.1) is 10.2 Å². The molecule has 0 bridgehead atoms. The van der Waals surface area contributed by atoms with E-state index in [-0.39, 0.29) is 5.91 Å². The van der Waals surface area contributed by atoms with E-state index in [0.29, 0.717) is 18.3 Å². The fraction of sp³-hybridized carbons (Fsp3) is 0.500. The highest BCUT2D eigenvalue weighted by atomic mass is 16.4. The van der Waals surface area contributed by atoms with Crippen LogP contribution in [0.15, 0.2) is 28.7 Å². The van der Waals surface area contributed by atoms with Crippen LogP contribution >= 0.6 is 0 Å². The molecule has 0 aliphatic carbocycles. The van der Waals surface area contributed by atoms with Crippen LogP contribution in [0.4, 0.5) is 0 Å². The minimum absolute atomic E-state index is 0.117. The Labute approximate surface area is 142 Å². The predicted molar refractivity (Wildman–Crippen MR) is 90.7 cm³/mol. The largest absolute Gasteiger partial charge is 0.424 e. The van der Waals surface area contributed by atoms with Crippen molar-refractivity contribution in [2.75, 3.05) is 26.2 Å². The van der Waals surface area contributed by atoms with Gasteiger partial charge in [0.2, 0.25) is 11.8 Å². The zero-order chi connectivity index (χ0) is 16.9. The fourth-order valence-electron chi connectivity index (χ4n) is 2.98. The van der Waals surface area contributed by atoms with Gasteiger partial charge in [0.15, 0.2) is 0 Å². The maximum Gasteiger partial charge on any atom is 0.253 e. The number of aromatic nitrogens is 2. The highest BCUT2D eigenvalue weighted by molar-refractivity contribution is 5.94. The number of amides is 1. The molecule has 1 fully saturated rings. The molecule has 3 rings (SSSR count). The first-order chi connectivity index (χ1) is 11.7. The van der Waals surface area contributed by atoms with Gasteiger partial charge in [-0.05, 0) is 25.5 Å². The van der Waals surface area contributed by atoms with Crippen LogP contribution in [0.2, 0.25) is 0 Å². The number of rotatable bonds is 4. The topological polar surface area (TPSA) is 62.5 Å². The van der Waals surface area contributed by atoms with Gasteiger partial charge in [0.05, 0.1) is 6.54 Å². The Kier molecular flexibility index (Phi) is 5.25. The molecule has 0 saturated carbocycles. The molecule has 24 heavy (non-hydrogen) atoms. The quantitative estimate of drug-likeness (QED) is 0.862. The summed E-state index contributed by atoms with van der Waals surface area (Å²) >= 11 is 0. The zero-order valence-electron chi connectivity index (χ0n) is 14.4. The molecule has 1 aromatic carbocycles. The smallest absolute Gasteiger partial charge is 0.253 e. The van der Waals surface area contributed by atoms with E-state index in [0.717, 1.165) is 50.1 Å². The van der Waals surface area contributed by atoms with E-state index >= 15 is 0 Å². The summed E-state index contributed by atoms with van der Waals surface area (Å²) in [6, 6.07) is 7.79. The molecule has 2 aromatic rings. The molecule has 1 saturated heterocycles. The summed E-state index contributed by atoms with van der Waals surface area (Å²) in [7, 11) is 0. The van der Waals surface area contributed by atoms with Crippen LogP contribution in [0.3, 0.4) is 0 Å². The molecule has 128 valence electrons. The molecule has 1 aromatic heterocycles. The number of hydrogen-bond acceptors (Lipinski definition) is 5. The number of carbonyl (C=O) groups excluding carboxylic acids is 1. The lowest BCUT2D eigenvalue weighted by Crippen LogP contribution is -2.35. The standard InChI is InChI=1S/C18H24N4O2/c1-3-16-19-20-17(24-16)13-21-8-5-9-22(11-10-21)18(23)15-7-4-6-14(2)12-15/h4,6-7,12H,3,5,8-11,13H2,1-2H3. The van der Waals surface area contributed by atoms with Crippen molar-refractivity contribution in [2.45, 2.75) is 33.2 Å². The molecular formula is C18H24N4O2. The van der Waals surface area contributed by atoms with Crippen LogP contribution in [0, 0.1) is 6.92 Å². The van der Waals surface area contributed by atoms with Crippen molar-refractivity contribution in [3.63, 3.8) is 0 Å². The normalized spacial score (nSPS) is 16.2. The van der Waals surface area contributed by atoms with E-state index in [1.165, 1.54) is 0 Å². The van der Waals surface area contributed by atoms with Crippen LogP contribution in [-0.4, -0.2) is 52.1 Å². The maximum absolute atomic E-state index is 12.7. The second-order valence-corrected chi connectivity index (χ2v) is 6.23. The van der Waals surface area contributed by atoms with E-state index < -0.39 is 0 Å². The van der Waals surface area contributed by atoms with E-state index in [1.54, 1.807) is 0 Å². The van der Waals surface area contributed by atoms with Gasteiger partial charge >= 0.3 is 0 Å². The van der Waals surface area contributed by atoms with Crippen molar-refractivity contribution >= 4 is 5.91 Å². The summed E-state index contributed by atoms with van der Waals surface area (Å²) in [4.78, 5) is 16.9. The van der Waals surface area contributed by atoms with Crippen molar-refractivity contribution in [3.05, 3.63) is 47.2 Å². The van der Waals surface area contributed by atoms with Gasteiger partial charge in [-0.1, -0.05) is 24.6 Å². The maximum atomic E-state index is 12.7. The van der Waals surface area contributed by atoms with Crippen molar-refractivity contribution in [1.29, 1.82) is 0 Å². The molecular weight excluding hydrogens is 304 g/mol. The monoisotopic (exact) mass is 328 g/mol. The molecule has 6 nitrogen and oxygen atoms in total. The molecule has 0 N–H and O–H groups in total. The van der Waals surface area contributed by atoms with Gasteiger partial charge in [-0.3, -0.25) is 9.69 Å². The SMILES string of the molecule is CCc1nnc(CN2CCCN(C(=O)c3cccc(C)c3)CC2)o1. The van der Waals surface area contributed by atoms with Gasteiger partial charge in [0.1, 0.15) is 0 Å². The van der Waals surface area contributed by atoms with Crippen LogP contribution in [0.5, 0.6) is 0 Å². The summed E-state index contributed by atoms with van der Waals surface area (Å²) in [6.45, 7) is 7.92. The molecule has 0 radical (unpaired) electrons. The lowest BCUT2D eigenvalue weighted by atomic mass is 10.1. The van der Waals surface area contributed by atoms with Gasteiger partial charge in [-0.25, -0.2) is 0 Å². The number of aryl methyl sites for hydroxylation is 2. The Morgan fingerprint density at radius 3 is 2.75 bits per heavy atom. The van der Waals surface area contributed by atoms with Gasteiger partial charge in [0.25, 0.3) is 5.91 Å². The van der Waals surface area contributed by atoms with Crippen LogP contribution in [-0.2, 0) is 13.0 Å². The summed E-state index contributed by atoms with van der Waals surface area (Å²) in [5.41, 5.74) is 1.88. The summed E-state index contributed by atoms with van der Waals surface area (Å²) < 4.78 is 5.59. The second kappa shape index (κ2) is 7.57. The average molecular weight is 328 g/mol. The Morgan fingerprint density at radius 1 is 1.17 bits per heavy atom. The summed E-state index contributed by atoms with van der Waals surface area (Å²) in [5, 5.41) is 8.09. The lowest BCUT2D eigenvalue weighted by molar-refractivity contribution is 0.0760. The molecule has 2 heterocycles. The predicted octanol–water partition coefficient (Wildman–Crippen LogP) is 2.29. The van der Waals surface area contributed by atoms with E-state index in [1.807, 2.05) is 43.0 Å². The molecule has 1 aliphatic rings. The Bertz CT molecular complexity index is 698.